The molecule has 1 fully saturated rings. The predicted molar refractivity (Wildman–Crippen MR) is 94.7 cm³/mol. The zero-order valence-electron chi connectivity index (χ0n) is 15.5. The average Bonchev–Trinajstić information content (AvgIpc) is 3.15. The first-order valence-electron chi connectivity index (χ1n) is 9.59. The number of carbonyl (C=O) groups is 1. The maximum atomic E-state index is 12.4. The third kappa shape index (κ3) is 5.69. The van der Waals surface area contributed by atoms with E-state index >= 15 is 0 Å². The Morgan fingerprint density at radius 2 is 2.16 bits per heavy atom. The fraction of sp³-hybridized carbons (Fsp3) is 0.842. The van der Waals surface area contributed by atoms with Crippen molar-refractivity contribution in [3.63, 3.8) is 0 Å². The van der Waals surface area contributed by atoms with E-state index in [2.05, 4.69) is 5.32 Å². The molecule has 1 aliphatic heterocycles. The molecule has 6 nitrogen and oxygen atoms in total. The molecule has 6 heteroatoms. The summed E-state index contributed by atoms with van der Waals surface area (Å²) in [5.41, 5.74) is 0. The molecule has 144 valence electrons. The molecule has 1 saturated carbocycles. The molecule has 0 spiro atoms. The number of aliphatic hydroxyl groups excluding tert-OH is 1. The molecule has 0 aromatic rings. The van der Waals surface area contributed by atoms with Gasteiger partial charge in [0.15, 0.2) is 5.76 Å². The van der Waals surface area contributed by atoms with Crippen molar-refractivity contribution in [2.45, 2.75) is 51.7 Å². The van der Waals surface area contributed by atoms with Crippen molar-refractivity contribution < 1.29 is 24.1 Å². The Morgan fingerprint density at radius 1 is 1.40 bits per heavy atom. The summed E-state index contributed by atoms with van der Waals surface area (Å²) >= 11 is 0. The minimum absolute atomic E-state index is 0.167. The Hall–Kier alpha value is -1.11. The number of rotatable bonds is 10. The molecule has 2 rings (SSSR count). The first-order valence-corrected chi connectivity index (χ1v) is 9.59. The van der Waals surface area contributed by atoms with Crippen LogP contribution in [0.4, 0.5) is 0 Å². The number of allylic oxidation sites excluding steroid dienone is 1. The van der Waals surface area contributed by atoms with Crippen molar-refractivity contribution in [2.75, 3.05) is 33.5 Å². The van der Waals surface area contributed by atoms with Gasteiger partial charge in [-0.05, 0) is 50.5 Å². The number of carbonyl (C=O) groups excluding carboxylic acids is 1. The van der Waals surface area contributed by atoms with Gasteiger partial charge in [0, 0.05) is 32.8 Å². The molecule has 2 N–H and O–H groups in total. The smallest absolute Gasteiger partial charge is 0.286 e. The molecule has 0 unspecified atom stereocenters. The van der Waals surface area contributed by atoms with Gasteiger partial charge >= 0.3 is 0 Å². The fourth-order valence-electron chi connectivity index (χ4n) is 4.02. The quantitative estimate of drug-likeness (QED) is 0.588. The molecule has 2 aliphatic rings. The highest BCUT2D eigenvalue weighted by Gasteiger charge is 2.41. The van der Waals surface area contributed by atoms with Gasteiger partial charge in [-0.3, -0.25) is 4.79 Å². The highest BCUT2D eigenvalue weighted by Crippen LogP contribution is 2.43. The number of methoxy groups -OCH3 is 1. The van der Waals surface area contributed by atoms with Crippen LogP contribution in [0.25, 0.3) is 0 Å². The van der Waals surface area contributed by atoms with E-state index in [1.54, 1.807) is 7.11 Å². The number of hydrogen-bond donors (Lipinski definition) is 2. The normalized spacial score (nSPS) is 27.0. The van der Waals surface area contributed by atoms with Crippen molar-refractivity contribution in [1.29, 1.82) is 0 Å². The monoisotopic (exact) mass is 355 g/mol. The predicted octanol–water partition coefficient (Wildman–Crippen LogP) is 2.22. The van der Waals surface area contributed by atoms with Gasteiger partial charge in [0.2, 0.25) is 6.29 Å². The second kappa shape index (κ2) is 10.8. The zero-order valence-corrected chi connectivity index (χ0v) is 15.5. The summed E-state index contributed by atoms with van der Waals surface area (Å²) in [6, 6.07) is 0. The second-order valence-corrected chi connectivity index (χ2v) is 6.87. The topological polar surface area (TPSA) is 77.0 Å². The van der Waals surface area contributed by atoms with E-state index in [1.807, 2.05) is 13.0 Å². The highest BCUT2D eigenvalue weighted by atomic mass is 16.7. The lowest BCUT2D eigenvalue weighted by molar-refractivity contribution is -0.176. The van der Waals surface area contributed by atoms with Crippen LogP contribution in [0.5, 0.6) is 0 Å². The number of ether oxygens (including phenoxy) is 3. The van der Waals surface area contributed by atoms with Crippen LogP contribution in [0.3, 0.4) is 0 Å². The first kappa shape index (κ1) is 20.2. The van der Waals surface area contributed by atoms with Gasteiger partial charge in [0.05, 0.1) is 6.61 Å². The first-order chi connectivity index (χ1) is 12.2. The van der Waals surface area contributed by atoms with Crippen LogP contribution in [0, 0.1) is 17.8 Å². The van der Waals surface area contributed by atoms with E-state index in [0.29, 0.717) is 31.4 Å². The summed E-state index contributed by atoms with van der Waals surface area (Å²) in [6.45, 7) is 3.57. The van der Waals surface area contributed by atoms with Crippen LogP contribution < -0.4 is 5.32 Å². The van der Waals surface area contributed by atoms with Crippen molar-refractivity contribution in [3.05, 3.63) is 11.8 Å². The third-order valence-electron chi connectivity index (χ3n) is 5.22. The largest absolute Gasteiger partial charge is 0.459 e. The summed E-state index contributed by atoms with van der Waals surface area (Å²) in [4.78, 5) is 12.4. The van der Waals surface area contributed by atoms with E-state index in [0.717, 1.165) is 12.8 Å². The Balaban J connectivity index is 2.16. The molecule has 1 aliphatic carbocycles. The Kier molecular flexibility index (Phi) is 8.72. The lowest BCUT2D eigenvalue weighted by Gasteiger charge is -2.39. The van der Waals surface area contributed by atoms with Gasteiger partial charge in [-0.2, -0.15) is 0 Å². The second-order valence-electron chi connectivity index (χ2n) is 6.87. The van der Waals surface area contributed by atoms with Crippen molar-refractivity contribution in [1.82, 2.24) is 5.32 Å². The van der Waals surface area contributed by atoms with E-state index in [4.69, 9.17) is 14.2 Å². The van der Waals surface area contributed by atoms with E-state index in [-0.39, 0.29) is 24.3 Å². The van der Waals surface area contributed by atoms with Crippen LogP contribution in [0.2, 0.25) is 0 Å². The Morgan fingerprint density at radius 3 is 2.80 bits per heavy atom. The molecule has 0 aromatic heterocycles. The molecular weight excluding hydrogens is 322 g/mol. The SMILES string of the molecule is CCO[C@H]1OC(C(=O)NCCOC)=C[C@@H](C2CCCC2)[C@H]1CCCO. The van der Waals surface area contributed by atoms with E-state index in [1.165, 1.54) is 25.7 Å². The molecule has 25 heavy (non-hydrogen) atoms. The van der Waals surface area contributed by atoms with Gasteiger partial charge < -0.3 is 24.6 Å². The molecular formula is C19H33NO5. The zero-order chi connectivity index (χ0) is 18.1. The van der Waals surface area contributed by atoms with Gasteiger partial charge in [0.1, 0.15) is 0 Å². The summed E-state index contributed by atoms with van der Waals surface area (Å²) in [5.74, 6) is 1.18. The molecule has 0 saturated heterocycles. The maximum Gasteiger partial charge on any atom is 0.286 e. The fourth-order valence-corrected chi connectivity index (χ4v) is 4.02. The highest BCUT2D eigenvalue weighted by molar-refractivity contribution is 5.91. The van der Waals surface area contributed by atoms with Gasteiger partial charge in [-0.1, -0.05) is 12.8 Å². The Bertz CT molecular complexity index is 434. The lowest BCUT2D eigenvalue weighted by Crippen LogP contribution is -2.42. The van der Waals surface area contributed by atoms with Crippen molar-refractivity contribution >= 4 is 5.91 Å². The van der Waals surface area contributed by atoms with Crippen LogP contribution >= 0.6 is 0 Å². The maximum absolute atomic E-state index is 12.4. The van der Waals surface area contributed by atoms with Gasteiger partial charge in [0.25, 0.3) is 5.91 Å². The van der Waals surface area contributed by atoms with Crippen LogP contribution in [0.1, 0.15) is 45.4 Å². The van der Waals surface area contributed by atoms with E-state index in [9.17, 15) is 9.90 Å². The lowest BCUT2D eigenvalue weighted by atomic mass is 9.76. The minimum atomic E-state index is -0.421. The molecule has 0 aromatic carbocycles. The number of nitrogens with one attached hydrogen (secondary N) is 1. The summed E-state index contributed by atoms with van der Waals surface area (Å²) in [6.07, 6.45) is 8.03. The van der Waals surface area contributed by atoms with Gasteiger partial charge in [-0.15, -0.1) is 0 Å². The molecule has 1 heterocycles. The molecule has 3 atom stereocenters. The number of amides is 1. The van der Waals surface area contributed by atoms with Crippen LogP contribution in [0.15, 0.2) is 11.8 Å². The summed E-state index contributed by atoms with van der Waals surface area (Å²) in [5, 5.41) is 12.1. The molecule has 0 radical (unpaired) electrons. The summed E-state index contributed by atoms with van der Waals surface area (Å²) in [7, 11) is 1.61. The van der Waals surface area contributed by atoms with Gasteiger partial charge in [-0.25, -0.2) is 0 Å². The van der Waals surface area contributed by atoms with Crippen LogP contribution in [-0.2, 0) is 19.0 Å². The number of hydrogen-bond acceptors (Lipinski definition) is 5. The van der Waals surface area contributed by atoms with Crippen LogP contribution in [-0.4, -0.2) is 50.8 Å². The van der Waals surface area contributed by atoms with Crippen molar-refractivity contribution in [3.8, 4) is 0 Å². The van der Waals surface area contributed by atoms with Crippen molar-refractivity contribution in [2.24, 2.45) is 17.8 Å². The molecule has 0 bridgehead atoms. The number of aliphatic hydroxyl groups is 1. The average molecular weight is 355 g/mol. The summed E-state index contributed by atoms with van der Waals surface area (Å²) < 4.78 is 16.7. The third-order valence-corrected chi connectivity index (χ3v) is 5.22. The minimum Gasteiger partial charge on any atom is -0.459 e. The van der Waals surface area contributed by atoms with E-state index < -0.39 is 6.29 Å². The molecule has 1 amide bonds. The Labute approximate surface area is 150 Å². The standard InChI is InChI=1S/C19H33NO5/c1-3-24-19-15(9-6-11-21)16(14-7-4-5-8-14)13-17(25-19)18(22)20-10-12-23-2/h13-16,19,21H,3-12H2,1-2H3,(H,20,22)/t15-,16+,19+/m1/s1.